The van der Waals surface area contributed by atoms with Crippen LogP contribution in [-0.4, -0.2) is 27.1 Å². The number of carbonyl (C=O) groups is 1. The smallest absolute Gasteiger partial charge is 0.311 e. The zero-order valence-electron chi connectivity index (χ0n) is 15.4. The van der Waals surface area contributed by atoms with Crippen molar-refractivity contribution in [3.63, 3.8) is 0 Å². The standard InChI is InChI=1S/C21H14N4O5/c26-19-8-7-13(10-18(19)25(28)29)12-22-24-21(27)15-11-17(20-6-3-9-30-20)23-16-5-2-1-4-14(15)16/h1-12,26H,(H,24,27)/b22-12+. The van der Waals surface area contributed by atoms with Crippen LogP contribution in [0.4, 0.5) is 5.69 Å². The molecule has 0 fully saturated rings. The highest BCUT2D eigenvalue weighted by atomic mass is 16.6. The van der Waals surface area contributed by atoms with E-state index in [0.717, 1.165) is 6.07 Å². The molecule has 0 unspecified atom stereocenters. The number of phenols is 1. The zero-order chi connectivity index (χ0) is 21.1. The summed E-state index contributed by atoms with van der Waals surface area (Å²) in [6.07, 6.45) is 2.77. The molecule has 1 amide bonds. The maximum atomic E-state index is 12.8. The first-order valence-electron chi connectivity index (χ1n) is 8.77. The first-order valence-corrected chi connectivity index (χ1v) is 8.77. The number of pyridine rings is 1. The molecule has 0 spiro atoms. The van der Waals surface area contributed by atoms with E-state index in [0.29, 0.717) is 33.5 Å². The van der Waals surface area contributed by atoms with Crippen molar-refractivity contribution >= 4 is 28.7 Å². The normalized spacial score (nSPS) is 11.1. The predicted octanol–water partition coefficient (Wildman–Crippen LogP) is 3.87. The number of fused-ring (bicyclic) bond motifs is 1. The van der Waals surface area contributed by atoms with Gasteiger partial charge in [0.15, 0.2) is 11.5 Å². The van der Waals surface area contributed by atoms with Crippen LogP contribution in [0.5, 0.6) is 5.75 Å². The van der Waals surface area contributed by atoms with E-state index < -0.39 is 22.3 Å². The summed E-state index contributed by atoms with van der Waals surface area (Å²) in [6, 6.07) is 16.0. The van der Waals surface area contributed by atoms with Crippen LogP contribution in [0.3, 0.4) is 0 Å². The number of rotatable bonds is 5. The quantitative estimate of drug-likeness (QED) is 0.296. The van der Waals surface area contributed by atoms with Gasteiger partial charge in [0.05, 0.1) is 28.5 Å². The number of hydrazone groups is 1. The largest absolute Gasteiger partial charge is 0.502 e. The average molecular weight is 402 g/mol. The Hall–Kier alpha value is -4.53. The Kier molecular flexibility index (Phi) is 4.92. The second kappa shape index (κ2) is 7.84. The number of hydrogen-bond acceptors (Lipinski definition) is 7. The number of amides is 1. The van der Waals surface area contributed by atoms with Gasteiger partial charge in [-0.15, -0.1) is 0 Å². The summed E-state index contributed by atoms with van der Waals surface area (Å²) >= 11 is 0. The third-order valence-corrected chi connectivity index (χ3v) is 4.31. The van der Waals surface area contributed by atoms with Gasteiger partial charge in [-0.25, -0.2) is 10.4 Å². The molecule has 2 aromatic heterocycles. The molecular weight excluding hydrogens is 388 g/mol. The maximum Gasteiger partial charge on any atom is 0.311 e. The first-order chi connectivity index (χ1) is 14.5. The summed E-state index contributed by atoms with van der Waals surface area (Å²) in [7, 11) is 0. The molecule has 2 aromatic carbocycles. The van der Waals surface area contributed by atoms with Gasteiger partial charge < -0.3 is 9.52 Å². The lowest BCUT2D eigenvalue weighted by molar-refractivity contribution is -0.385. The van der Waals surface area contributed by atoms with Gasteiger partial charge in [-0.05, 0) is 36.4 Å². The minimum Gasteiger partial charge on any atom is -0.502 e. The third-order valence-electron chi connectivity index (χ3n) is 4.31. The van der Waals surface area contributed by atoms with Crippen LogP contribution in [0.25, 0.3) is 22.4 Å². The van der Waals surface area contributed by atoms with Crippen LogP contribution >= 0.6 is 0 Å². The Balaban J connectivity index is 1.63. The summed E-state index contributed by atoms with van der Waals surface area (Å²) in [5.41, 5.74) is 3.78. The number of benzene rings is 2. The second-order valence-electron chi connectivity index (χ2n) is 6.25. The fourth-order valence-electron chi connectivity index (χ4n) is 2.91. The summed E-state index contributed by atoms with van der Waals surface area (Å²) in [6.45, 7) is 0. The number of hydrogen-bond donors (Lipinski definition) is 2. The van der Waals surface area contributed by atoms with E-state index >= 15 is 0 Å². The number of furan rings is 1. The van der Waals surface area contributed by atoms with E-state index in [2.05, 4.69) is 15.5 Å². The minimum atomic E-state index is -0.704. The summed E-state index contributed by atoms with van der Waals surface area (Å²) in [4.78, 5) is 27.5. The van der Waals surface area contributed by atoms with E-state index in [1.54, 1.807) is 36.4 Å². The molecule has 9 nitrogen and oxygen atoms in total. The molecule has 2 heterocycles. The number of nitrogens with one attached hydrogen (secondary N) is 1. The number of aromatic nitrogens is 1. The van der Waals surface area contributed by atoms with Crippen molar-refractivity contribution in [2.45, 2.75) is 0 Å². The molecule has 4 rings (SSSR count). The van der Waals surface area contributed by atoms with Gasteiger partial charge in [-0.3, -0.25) is 14.9 Å². The molecule has 0 radical (unpaired) electrons. The van der Waals surface area contributed by atoms with Crippen molar-refractivity contribution in [1.82, 2.24) is 10.4 Å². The monoisotopic (exact) mass is 402 g/mol. The lowest BCUT2D eigenvalue weighted by atomic mass is 10.1. The van der Waals surface area contributed by atoms with Crippen LogP contribution in [0, 0.1) is 10.1 Å². The zero-order valence-corrected chi connectivity index (χ0v) is 15.4. The Morgan fingerprint density at radius 2 is 2.00 bits per heavy atom. The SMILES string of the molecule is O=C(N/N=C/c1ccc(O)c([N+](=O)[O-])c1)c1cc(-c2ccco2)nc2ccccc12. The van der Waals surface area contributed by atoms with Gasteiger partial charge >= 0.3 is 5.69 Å². The second-order valence-corrected chi connectivity index (χ2v) is 6.25. The number of nitrogens with zero attached hydrogens (tertiary/aromatic N) is 3. The van der Waals surface area contributed by atoms with E-state index in [1.165, 1.54) is 24.6 Å². The van der Waals surface area contributed by atoms with Gasteiger partial charge in [0.25, 0.3) is 5.91 Å². The van der Waals surface area contributed by atoms with Crippen LogP contribution < -0.4 is 5.43 Å². The number of nitro benzene ring substituents is 1. The molecule has 0 aliphatic heterocycles. The molecule has 0 atom stereocenters. The molecule has 9 heteroatoms. The van der Waals surface area contributed by atoms with E-state index in [-0.39, 0.29) is 0 Å². The lowest BCUT2D eigenvalue weighted by Crippen LogP contribution is -2.18. The van der Waals surface area contributed by atoms with Gasteiger partial charge in [0, 0.05) is 17.0 Å². The topological polar surface area (TPSA) is 131 Å². The van der Waals surface area contributed by atoms with Gasteiger partial charge in [0.2, 0.25) is 0 Å². The van der Waals surface area contributed by atoms with Crippen LogP contribution in [0.15, 0.2) is 76.4 Å². The molecule has 30 heavy (non-hydrogen) atoms. The Morgan fingerprint density at radius 3 is 2.77 bits per heavy atom. The number of para-hydroxylation sites is 1. The fourth-order valence-corrected chi connectivity index (χ4v) is 2.91. The summed E-state index contributed by atoms with van der Waals surface area (Å²) < 4.78 is 5.38. The Bertz CT molecular complexity index is 1280. The molecule has 4 aromatic rings. The van der Waals surface area contributed by atoms with Crippen molar-refractivity contribution in [3.8, 4) is 17.2 Å². The van der Waals surface area contributed by atoms with E-state index in [4.69, 9.17) is 4.42 Å². The molecule has 0 saturated heterocycles. The number of phenolic OH excluding ortho intramolecular Hbond substituents is 1. The molecule has 0 saturated carbocycles. The Labute approximate surface area is 169 Å². The first kappa shape index (κ1) is 18.8. The number of carbonyl (C=O) groups excluding carboxylic acids is 1. The molecule has 0 aliphatic rings. The van der Waals surface area contributed by atoms with Crippen LogP contribution in [0.1, 0.15) is 15.9 Å². The lowest BCUT2D eigenvalue weighted by Gasteiger charge is -2.07. The molecule has 2 N–H and O–H groups in total. The molecule has 148 valence electrons. The van der Waals surface area contributed by atoms with Crippen molar-refractivity contribution in [2.75, 3.05) is 0 Å². The maximum absolute atomic E-state index is 12.8. The van der Waals surface area contributed by atoms with Crippen molar-refractivity contribution in [2.24, 2.45) is 5.10 Å². The number of aromatic hydroxyl groups is 1. The van der Waals surface area contributed by atoms with Crippen LogP contribution in [-0.2, 0) is 0 Å². The van der Waals surface area contributed by atoms with E-state index in [9.17, 15) is 20.0 Å². The molecule has 0 bridgehead atoms. The summed E-state index contributed by atoms with van der Waals surface area (Å²) in [5, 5.41) is 24.9. The fraction of sp³-hybridized carbons (Fsp3) is 0. The molecular formula is C21H14N4O5. The van der Waals surface area contributed by atoms with Gasteiger partial charge in [-0.1, -0.05) is 18.2 Å². The van der Waals surface area contributed by atoms with Gasteiger partial charge in [0.1, 0.15) is 5.69 Å². The average Bonchev–Trinajstić information content (AvgIpc) is 3.29. The third kappa shape index (κ3) is 3.72. The summed E-state index contributed by atoms with van der Waals surface area (Å²) in [5.74, 6) is -0.407. The van der Waals surface area contributed by atoms with Crippen LogP contribution in [0.2, 0.25) is 0 Å². The highest BCUT2D eigenvalue weighted by Crippen LogP contribution is 2.26. The highest BCUT2D eigenvalue weighted by molar-refractivity contribution is 6.07. The molecule has 0 aliphatic carbocycles. The van der Waals surface area contributed by atoms with Crippen molar-refractivity contribution in [3.05, 3.63) is 88.2 Å². The van der Waals surface area contributed by atoms with Crippen molar-refractivity contribution in [1.29, 1.82) is 0 Å². The number of nitro groups is 1. The Morgan fingerprint density at radius 1 is 1.17 bits per heavy atom. The predicted molar refractivity (Wildman–Crippen MR) is 109 cm³/mol. The minimum absolute atomic E-state index is 0.343. The van der Waals surface area contributed by atoms with E-state index in [1.807, 2.05) is 6.07 Å². The van der Waals surface area contributed by atoms with Crippen molar-refractivity contribution < 1.29 is 19.2 Å². The highest BCUT2D eigenvalue weighted by Gasteiger charge is 2.15. The van der Waals surface area contributed by atoms with Gasteiger partial charge in [-0.2, -0.15) is 5.10 Å².